The van der Waals surface area contributed by atoms with Crippen molar-refractivity contribution in [2.24, 2.45) is 0 Å². The van der Waals surface area contributed by atoms with Gasteiger partial charge < -0.3 is 5.32 Å². The number of nitrogens with zero attached hydrogens (tertiary/aromatic N) is 3. The van der Waals surface area contributed by atoms with Gasteiger partial charge in [-0.05, 0) is 12.8 Å². The van der Waals surface area contributed by atoms with Crippen LogP contribution in [0.5, 0.6) is 0 Å². The summed E-state index contributed by atoms with van der Waals surface area (Å²) in [5, 5.41) is 12.3. The number of hydrogen-bond donors (Lipinski definition) is 1. The fraction of sp³-hybridized carbons (Fsp3) is 0.615. The van der Waals surface area contributed by atoms with Gasteiger partial charge in [-0.2, -0.15) is 5.26 Å². The lowest BCUT2D eigenvalue weighted by molar-refractivity contribution is 0.470. The lowest BCUT2D eigenvalue weighted by Crippen LogP contribution is -2.22. The SMILES string of the molecule is N#Cc1nccnc1NC1CCCCCCC1. The summed E-state index contributed by atoms with van der Waals surface area (Å²) < 4.78 is 0. The first-order valence-electron chi connectivity index (χ1n) is 6.38. The second-order valence-electron chi connectivity index (χ2n) is 4.55. The first kappa shape index (κ1) is 11.8. The van der Waals surface area contributed by atoms with Gasteiger partial charge in [0.05, 0.1) is 0 Å². The van der Waals surface area contributed by atoms with Crippen LogP contribution in [0.15, 0.2) is 12.4 Å². The molecule has 1 fully saturated rings. The van der Waals surface area contributed by atoms with Gasteiger partial charge in [0.2, 0.25) is 0 Å². The summed E-state index contributed by atoms with van der Waals surface area (Å²) in [5.74, 6) is 0.639. The number of nitrogens with one attached hydrogen (secondary N) is 1. The lowest BCUT2D eigenvalue weighted by atomic mass is 9.97. The Bertz CT molecular complexity index is 389. The summed E-state index contributed by atoms with van der Waals surface area (Å²) in [4.78, 5) is 8.22. The van der Waals surface area contributed by atoms with Crippen LogP contribution in [-0.4, -0.2) is 16.0 Å². The van der Waals surface area contributed by atoms with Gasteiger partial charge in [-0.15, -0.1) is 0 Å². The molecule has 1 aliphatic carbocycles. The molecule has 1 aliphatic rings. The molecule has 4 nitrogen and oxygen atoms in total. The number of rotatable bonds is 2. The molecule has 0 saturated heterocycles. The van der Waals surface area contributed by atoms with E-state index in [0.717, 1.165) is 0 Å². The third-order valence-corrected chi connectivity index (χ3v) is 3.25. The molecule has 1 aromatic rings. The molecule has 1 heterocycles. The normalized spacial score (nSPS) is 17.8. The van der Waals surface area contributed by atoms with Gasteiger partial charge in [0.1, 0.15) is 6.07 Å². The van der Waals surface area contributed by atoms with Gasteiger partial charge >= 0.3 is 0 Å². The highest BCUT2D eigenvalue weighted by atomic mass is 15.0. The van der Waals surface area contributed by atoms with Crippen molar-refractivity contribution in [1.82, 2.24) is 9.97 Å². The first-order chi connectivity index (χ1) is 8.40. The summed E-state index contributed by atoms with van der Waals surface area (Å²) in [6.45, 7) is 0. The third-order valence-electron chi connectivity index (χ3n) is 3.25. The van der Waals surface area contributed by atoms with E-state index in [1.54, 1.807) is 12.4 Å². The van der Waals surface area contributed by atoms with Crippen LogP contribution in [-0.2, 0) is 0 Å². The topological polar surface area (TPSA) is 61.6 Å². The Balaban J connectivity index is 2.01. The molecule has 1 N–H and O–H groups in total. The maximum atomic E-state index is 8.96. The molecule has 0 bridgehead atoms. The van der Waals surface area contributed by atoms with E-state index in [4.69, 9.17) is 5.26 Å². The van der Waals surface area contributed by atoms with E-state index in [2.05, 4.69) is 21.4 Å². The summed E-state index contributed by atoms with van der Waals surface area (Å²) in [6.07, 6.45) is 12.1. The minimum absolute atomic E-state index is 0.398. The van der Waals surface area contributed by atoms with Crippen molar-refractivity contribution < 1.29 is 0 Å². The molecule has 0 aromatic carbocycles. The van der Waals surface area contributed by atoms with Crippen molar-refractivity contribution in [3.63, 3.8) is 0 Å². The standard InChI is InChI=1S/C13H18N4/c14-10-12-13(16-9-8-15-12)17-11-6-4-2-1-3-5-7-11/h8-9,11H,1-7H2,(H,16,17). The van der Waals surface area contributed by atoms with E-state index >= 15 is 0 Å². The molecular weight excluding hydrogens is 212 g/mol. The number of hydrogen-bond acceptors (Lipinski definition) is 4. The molecule has 0 aliphatic heterocycles. The zero-order chi connectivity index (χ0) is 11.9. The van der Waals surface area contributed by atoms with Crippen LogP contribution in [0.2, 0.25) is 0 Å². The summed E-state index contributed by atoms with van der Waals surface area (Å²) in [5.41, 5.74) is 0.398. The van der Waals surface area contributed by atoms with E-state index in [1.165, 1.54) is 44.9 Å². The Kier molecular flexibility index (Phi) is 4.31. The van der Waals surface area contributed by atoms with Crippen LogP contribution in [0.3, 0.4) is 0 Å². The smallest absolute Gasteiger partial charge is 0.182 e. The predicted octanol–water partition coefficient (Wildman–Crippen LogP) is 2.87. The second kappa shape index (κ2) is 6.19. The van der Waals surface area contributed by atoms with Gasteiger partial charge in [0.15, 0.2) is 11.5 Å². The Morgan fingerprint density at radius 2 is 1.71 bits per heavy atom. The molecule has 0 radical (unpaired) electrons. The maximum absolute atomic E-state index is 8.96. The van der Waals surface area contributed by atoms with Crippen molar-refractivity contribution in [3.05, 3.63) is 18.1 Å². The van der Waals surface area contributed by atoms with Crippen molar-refractivity contribution in [2.45, 2.75) is 51.0 Å². The Morgan fingerprint density at radius 3 is 2.41 bits per heavy atom. The largest absolute Gasteiger partial charge is 0.365 e. The highest BCUT2D eigenvalue weighted by molar-refractivity contribution is 5.47. The van der Waals surface area contributed by atoms with Gasteiger partial charge in [0, 0.05) is 18.4 Å². The van der Waals surface area contributed by atoms with E-state index in [1.807, 2.05) is 0 Å². The van der Waals surface area contributed by atoms with Crippen LogP contribution in [0.25, 0.3) is 0 Å². The van der Waals surface area contributed by atoms with E-state index in [0.29, 0.717) is 17.6 Å². The second-order valence-corrected chi connectivity index (χ2v) is 4.55. The molecule has 4 heteroatoms. The Hall–Kier alpha value is -1.63. The number of anilines is 1. The molecular formula is C13H18N4. The molecule has 17 heavy (non-hydrogen) atoms. The average molecular weight is 230 g/mol. The van der Waals surface area contributed by atoms with Crippen LogP contribution in [0.4, 0.5) is 5.82 Å². The van der Waals surface area contributed by atoms with Crippen molar-refractivity contribution in [1.29, 1.82) is 5.26 Å². The number of nitriles is 1. The zero-order valence-electron chi connectivity index (χ0n) is 10.0. The van der Waals surface area contributed by atoms with Gasteiger partial charge in [0.25, 0.3) is 0 Å². The van der Waals surface area contributed by atoms with E-state index in [9.17, 15) is 0 Å². The summed E-state index contributed by atoms with van der Waals surface area (Å²) >= 11 is 0. The number of aromatic nitrogens is 2. The zero-order valence-corrected chi connectivity index (χ0v) is 10.0. The van der Waals surface area contributed by atoms with Crippen LogP contribution < -0.4 is 5.32 Å². The van der Waals surface area contributed by atoms with Crippen molar-refractivity contribution in [3.8, 4) is 6.07 Å². The molecule has 0 amide bonds. The quantitative estimate of drug-likeness (QED) is 0.848. The molecule has 0 atom stereocenters. The average Bonchev–Trinajstić information content (AvgIpc) is 2.33. The van der Waals surface area contributed by atoms with Crippen LogP contribution in [0.1, 0.15) is 50.6 Å². The van der Waals surface area contributed by atoms with Gasteiger partial charge in [-0.1, -0.05) is 32.1 Å². The molecule has 0 unspecified atom stereocenters. The fourth-order valence-electron chi connectivity index (χ4n) is 2.32. The molecule has 1 saturated carbocycles. The van der Waals surface area contributed by atoms with Crippen LogP contribution in [0, 0.1) is 11.3 Å². The Labute approximate surface area is 102 Å². The highest BCUT2D eigenvalue weighted by Crippen LogP contribution is 2.20. The fourth-order valence-corrected chi connectivity index (χ4v) is 2.32. The van der Waals surface area contributed by atoms with E-state index < -0.39 is 0 Å². The maximum Gasteiger partial charge on any atom is 0.182 e. The van der Waals surface area contributed by atoms with Crippen molar-refractivity contribution in [2.75, 3.05) is 5.32 Å². The van der Waals surface area contributed by atoms with Crippen LogP contribution >= 0.6 is 0 Å². The molecule has 1 aromatic heterocycles. The summed E-state index contributed by atoms with van der Waals surface area (Å²) in [7, 11) is 0. The van der Waals surface area contributed by atoms with Gasteiger partial charge in [-0.3, -0.25) is 0 Å². The van der Waals surface area contributed by atoms with Crippen molar-refractivity contribution >= 4 is 5.82 Å². The third kappa shape index (κ3) is 3.42. The predicted molar refractivity (Wildman–Crippen MR) is 66.5 cm³/mol. The molecule has 0 spiro atoms. The minimum Gasteiger partial charge on any atom is -0.365 e. The lowest BCUT2D eigenvalue weighted by Gasteiger charge is -2.21. The van der Waals surface area contributed by atoms with E-state index in [-0.39, 0.29) is 0 Å². The highest BCUT2D eigenvalue weighted by Gasteiger charge is 2.13. The Morgan fingerprint density at radius 1 is 1.06 bits per heavy atom. The monoisotopic (exact) mass is 230 g/mol. The summed E-state index contributed by atoms with van der Waals surface area (Å²) in [6, 6.07) is 2.52. The molecule has 90 valence electrons. The van der Waals surface area contributed by atoms with Gasteiger partial charge in [-0.25, -0.2) is 9.97 Å². The molecule has 2 rings (SSSR count). The first-order valence-corrected chi connectivity index (χ1v) is 6.38. The minimum atomic E-state index is 0.398.